The second-order valence-corrected chi connectivity index (χ2v) is 9.23. The summed E-state index contributed by atoms with van der Waals surface area (Å²) in [5.41, 5.74) is 5.21. The molecule has 0 N–H and O–H groups in total. The molecule has 1 amide bonds. The number of carbonyl (C=O) groups is 1. The van der Waals surface area contributed by atoms with Crippen LogP contribution < -0.4 is 0 Å². The van der Waals surface area contributed by atoms with E-state index in [1.54, 1.807) is 0 Å². The van der Waals surface area contributed by atoms with Crippen molar-refractivity contribution in [3.8, 4) is 11.3 Å². The molecule has 0 radical (unpaired) electrons. The lowest BCUT2D eigenvalue weighted by Gasteiger charge is -2.38. The van der Waals surface area contributed by atoms with Gasteiger partial charge in [-0.25, -0.2) is 0 Å². The fourth-order valence-corrected chi connectivity index (χ4v) is 5.51. The van der Waals surface area contributed by atoms with E-state index >= 15 is 0 Å². The number of carbonyl (C=O) groups excluding carboxylic acids is 1. The molecule has 2 aliphatic rings. The Bertz CT molecular complexity index is 1080. The summed E-state index contributed by atoms with van der Waals surface area (Å²) < 4.78 is 8.08. The first-order valence-electron chi connectivity index (χ1n) is 11.7. The van der Waals surface area contributed by atoms with Crippen molar-refractivity contribution in [3.05, 3.63) is 60.2 Å². The summed E-state index contributed by atoms with van der Waals surface area (Å²) >= 11 is 0. The van der Waals surface area contributed by atoms with Crippen LogP contribution in [0.4, 0.5) is 0 Å². The van der Waals surface area contributed by atoms with Gasteiger partial charge in [0.2, 0.25) is 5.91 Å². The number of ether oxygens (including phenoxy) is 1. The van der Waals surface area contributed by atoms with E-state index in [0.717, 1.165) is 32.2 Å². The van der Waals surface area contributed by atoms with Crippen molar-refractivity contribution in [1.82, 2.24) is 9.47 Å². The summed E-state index contributed by atoms with van der Waals surface area (Å²) in [5, 5.41) is 1.29. The molecule has 162 valence electrons. The molecule has 4 nitrogen and oxygen atoms in total. The van der Waals surface area contributed by atoms with Crippen LogP contribution in [0, 0.1) is 12.8 Å². The smallest absolute Gasteiger partial charge is 0.226 e. The molecular weight excluding hydrogens is 384 g/mol. The van der Waals surface area contributed by atoms with Crippen LogP contribution in [-0.2, 0) is 9.53 Å². The molecule has 0 bridgehead atoms. The van der Waals surface area contributed by atoms with Crippen LogP contribution in [0.3, 0.4) is 0 Å². The molecule has 2 aromatic carbocycles. The summed E-state index contributed by atoms with van der Waals surface area (Å²) in [4.78, 5) is 15.2. The number of hydrogen-bond acceptors (Lipinski definition) is 2. The van der Waals surface area contributed by atoms with Crippen LogP contribution in [-0.4, -0.2) is 41.2 Å². The summed E-state index contributed by atoms with van der Waals surface area (Å²) in [5.74, 6) is 0.492. The Balaban J connectivity index is 1.42. The van der Waals surface area contributed by atoms with E-state index in [0.29, 0.717) is 25.2 Å². The maximum atomic E-state index is 13.2. The van der Waals surface area contributed by atoms with E-state index in [9.17, 15) is 4.79 Å². The topological polar surface area (TPSA) is 34.5 Å². The molecule has 1 aliphatic heterocycles. The van der Waals surface area contributed by atoms with Crippen molar-refractivity contribution in [2.75, 3.05) is 19.8 Å². The SMILES string of the molecule is Cc1ccccc1-c1cc2ccccc2n1C1CCC(C(=O)N2CCOCC2C)CC1. The zero-order valence-corrected chi connectivity index (χ0v) is 18.6. The number of aromatic nitrogens is 1. The Morgan fingerprint density at radius 2 is 1.74 bits per heavy atom. The minimum absolute atomic E-state index is 0.153. The third-order valence-corrected chi connectivity index (χ3v) is 7.23. The first-order chi connectivity index (χ1) is 15.1. The van der Waals surface area contributed by atoms with Gasteiger partial charge in [0.05, 0.1) is 19.3 Å². The second-order valence-electron chi connectivity index (χ2n) is 9.23. The Morgan fingerprint density at radius 3 is 2.52 bits per heavy atom. The van der Waals surface area contributed by atoms with Crippen molar-refractivity contribution >= 4 is 16.8 Å². The molecule has 31 heavy (non-hydrogen) atoms. The Hall–Kier alpha value is -2.59. The standard InChI is InChI=1S/C27H32N2O2/c1-19-7-3-5-9-24(19)26-17-22-8-4-6-10-25(22)29(26)23-13-11-21(12-14-23)27(30)28-15-16-31-18-20(28)2/h3-10,17,20-21,23H,11-16,18H2,1-2H3. The van der Waals surface area contributed by atoms with Gasteiger partial charge in [-0.1, -0.05) is 42.5 Å². The number of rotatable bonds is 3. The van der Waals surface area contributed by atoms with Crippen LogP contribution in [0.5, 0.6) is 0 Å². The van der Waals surface area contributed by atoms with Crippen molar-refractivity contribution < 1.29 is 9.53 Å². The number of amides is 1. The maximum absolute atomic E-state index is 13.2. The predicted molar refractivity (Wildman–Crippen MR) is 125 cm³/mol. The van der Waals surface area contributed by atoms with Crippen LogP contribution in [0.25, 0.3) is 22.2 Å². The molecule has 3 aromatic rings. The van der Waals surface area contributed by atoms with E-state index in [2.05, 4.69) is 77.9 Å². The normalized spacial score (nSPS) is 24.5. The molecule has 4 heteroatoms. The highest BCUT2D eigenvalue weighted by molar-refractivity contribution is 5.88. The van der Waals surface area contributed by atoms with Crippen molar-refractivity contribution in [1.29, 1.82) is 0 Å². The van der Waals surface area contributed by atoms with Gasteiger partial charge in [0.25, 0.3) is 0 Å². The van der Waals surface area contributed by atoms with Gasteiger partial charge in [-0.3, -0.25) is 4.79 Å². The molecule has 1 atom stereocenters. The quantitative estimate of drug-likeness (QED) is 0.557. The molecule has 1 aliphatic carbocycles. The van der Waals surface area contributed by atoms with Crippen LogP contribution in [0.1, 0.15) is 44.2 Å². The highest BCUT2D eigenvalue weighted by atomic mass is 16.5. The van der Waals surface area contributed by atoms with Gasteiger partial charge >= 0.3 is 0 Å². The molecule has 0 spiro atoms. The zero-order chi connectivity index (χ0) is 21.4. The monoisotopic (exact) mass is 416 g/mol. The maximum Gasteiger partial charge on any atom is 0.226 e. The van der Waals surface area contributed by atoms with Gasteiger partial charge in [0, 0.05) is 40.7 Å². The van der Waals surface area contributed by atoms with E-state index in [4.69, 9.17) is 4.74 Å². The number of fused-ring (bicyclic) bond motifs is 1. The van der Waals surface area contributed by atoms with Gasteiger partial charge in [-0.05, 0) is 57.2 Å². The molecule has 1 saturated heterocycles. The Morgan fingerprint density at radius 1 is 1.00 bits per heavy atom. The van der Waals surface area contributed by atoms with Gasteiger partial charge in [0.15, 0.2) is 0 Å². The first kappa shape index (κ1) is 20.3. The lowest BCUT2D eigenvalue weighted by molar-refractivity contribution is -0.144. The van der Waals surface area contributed by atoms with E-state index < -0.39 is 0 Å². The summed E-state index contributed by atoms with van der Waals surface area (Å²) in [6, 6.07) is 20.3. The molecule has 5 rings (SSSR count). The first-order valence-corrected chi connectivity index (χ1v) is 11.7. The zero-order valence-electron chi connectivity index (χ0n) is 18.6. The minimum Gasteiger partial charge on any atom is -0.377 e. The van der Waals surface area contributed by atoms with E-state index in [1.807, 2.05) is 0 Å². The number of benzene rings is 2. The average molecular weight is 417 g/mol. The van der Waals surface area contributed by atoms with Crippen molar-refractivity contribution in [2.24, 2.45) is 5.92 Å². The molecule has 1 unspecified atom stereocenters. The number of aryl methyl sites for hydroxylation is 1. The van der Waals surface area contributed by atoms with Crippen molar-refractivity contribution in [2.45, 2.75) is 51.6 Å². The summed E-state index contributed by atoms with van der Waals surface area (Å²) in [7, 11) is 0. The van der Waals surface area contributed by atoms with Crippen LogP contribution >= 0.6 is 0 Å². The summed E-state index contributed by atoms with van der Waals surface area (Å²) in [6.45, 7) is 6.36. The fourth-order valence-electron chi connectivity index (χ4n) is 5.51. The lowest BCUT2D eigenvalue weighted by atomic mass is 9.84. The minimum atomic E-state index is 0.153. The molecule has 2 heterocycles. The molecule has 1 aromatic heterocycles. The number of hydrogen-bond donors (Lipinski definition) is 0. The fraction of sp³-hybridized carbons (Fsp3) is 0.444. The highest BCUT2D eigenvalue weighted by Crippen LogP contribution is 2.40. The highest BCUT2D eigenvalue weighted by Gasteiger charge is 2.34. The van der Waals surface area contributed by atoms with Gasteiger partial charge in [0.1, 0.15) is 0 Å². The third kappa shape index (κ3) is 3.78. The Labute approximate surface area is 184 Å². The van der Waals surface area contributed by atoms with E-state index in [1.165, 1.54) is 27.7 Å². The third-order valence-electron chi connectivity index (χ3n) is 7.23. The van der Waals surface area contributed by atoms with Crippen LogP contribution in [0.2, 0.25) is 0 Å². The molecular formula is C27H32N2O2. The van der Waals surface area contributed by atoms with Gasteiger partial charge in [-0.15, -0.1) is 0 Å². The van der Waals surface area contributed by atoms with E-state index in [-0.39, 0.29) is 12.0 Å². The predicted octanol–water partition coefficient (Wildman–Crippen LogP) is 5.60. The molecule has 2 fully saturated rings. The summed E-state index contributed by atoms with van der Waals surface area (Å²) in [6.07, 6.45) is 4.03. The number of morpholine rings is 1. The number of para-hydroxylation sites is 1. The molecule has 1 saturated carbocycles. The van der Waals surface area contributed by atoms with Gasteiger partial charge < -0.3 is 14.2 Å². The van der Waals surface area contributed by atoms with Gasteiger partial charge in [-0.2, -0.15) is 0 Å². The lowest BCUT2D eigenvalue weighted by Crippen LogP contribution is -2.49. The van der Waals surface area contributed by atoms with Crippen LogP contribution in [0.15, 0.2) is 54.6 Å². The number of nitrogens with zero attached hydrogens (tertiary/aromatic N) is 2. The van der Waals surface area contributed by atoms with Crippen molar-refractivity contribution in [3.63, 3.8) is 0 Å². The largest absolute Gasteiger partial charge is 0.377 e. The average Bonchev–Trinajstić information content (AvgIpc) is 3.19. The Kier molecular flexibility index (Phi) is 5.58. The second kappa shape index (κ2) is 8.51.